The summed E-state index contributed by atoms with van der Waals surface area (Å²) in [5.74, 6) is -0.697. The number of amidine groups is 1. The molecule has 2 aromatic carbocycles. The Morgan fingerprint density at radius 3 is 2.46 bits per heavy atom. The van der Waals surface area contributed by atoms with Crippen molar-refractivity contribution in [3.63, 3.8) is 0 Å². The molecule has 0 spiro atoms. The first-order chi connectivity index (χ1) is 20.0. The van der Waals surface area contributed by atoms with E-state index in [1.807, 2.05) is 61.6 Å². The summed E-state index contributed by atoms with van der Waals surface area (Å²) in [5, 5.41) is 13.3. The molecule has 41 heavy (non-hydrogen) atoms. The van der Waals surface area contributed by atoms with Crippen molar-refractivity contribution in [1.82, 2.24) is 9.38 Å². The van der Waals surface area contributed by atoms with E-state index in [4.69, 9.17) is 4.74 Å². The molecule has 1 aliphatic carbocycles. The maximum absolute atomic E-state index is 14.4. The first kappa shape index (κ1) is 28.1. The number of carbonyl (C=O) groups excluding carboxylic acids is 2. The van der Waals surface area contributed by atoms with Crippen LogP contribution in [0.3, 0.4) is 0 Å². The van der Waals surface area contributed by atoms with Gasteiger partial charge in [0.1, 0.15) is 18.3 Å². The van der Waals surface area contributed by atoms with E-state index in [1.165, 1.54) is 51.4 Å². The number of benzene rings is 2. The highest BCUT2D eigenvalue weighted by atomic mass is 16.5. The van der Waals surface area contributed by atoms with Crippen molar-refractivity contribution < 1.29 is 19.4 Å². The summed E-state index contributed by atoms with van der Waals surface area (Å²) in [4.78, 5) is 34.7. The van der Waals surface area contributed by atoms with Gasteiger partial charge in [0.25, 0.3) is 0 Å². The van der Waals surface area contributed by atoms with Crippen LogP contribution in [0.5, 0.6) is 0 Å². The Hall–Kier alpha value is -3.07. The van der Waals surface area contributed by atoms with Crippen LogP contribution >= 0.6 is 0 Å². The Balaban J connectivity index is 1.27. The Kier molecular flexibility index (Phi) is 8.24. The summed E-state index contributed by atoms with van der Waals surface area (Å²) < 4.78 is 5.59. The topological polar surface area (TPSA) is 91.2 Å². The number of likely N-dealkylation sites (N-methyl/N-ethyl adjacent to an activating group) is 1. The van der Waals surface area contributed by atoms with E-state index < -0.39 is 18.6 Å². The van der Waals surface area contributed by atoms with Crippen molar-refractivity contribution in [2.45, 2.75) is 101 Å². The molecule has 8 nitrogen and oxygen atoms in total. The van der Waals surface area contributed by atoms with Gasteiger partial charge in [-0.1, -0.05) is 74.6 Å². The maximum Gasteiger partial charge on any atom is 0.386 e. The number of fused-ring (bicyclic) bond motifs is 3. The fourth-order valence-corrected chi connectivity index (χ4v) is 7.92. The van der Waals surface area contributed by atoms with Crippen LogP contribution in [0.25, 0.3) is 0 Å². The van der Waals surface area contributed by atoms with Crippen molar-refractivity contribution in [3.8, 4) is 0 Å². The molecule has 0 radical (unpaired) electrons. The van der Waals surface area contributed by atoms with Crippen LogP contribution in [0.4, 0.5) is 11.4 Å². The average Bonchev–Trinajstić information content (AvgIpc) is 3.56. The van der Waals surface area contributed by atoms with E-state index in [-0.39, 0.29) is 28.9 Å². The second kappa shape index (κ2) is 12.0. The molecule has 5 atom stereocenters. The molecular formula is C33H43N4O4+. The number of amides is 1. The fourth-order valence-electron chi connectivity index (χ4n) is 7.92. The third-order valence-electron chi connectivity index (χ3n) is 9.95. The molecule has 3 fully saturated rings. The van der Waals surface area contributed by atoms with Gasteiger partial charge in [-0.05, 0) is 37.3 Å². The summed E-state index contributed by atoms with van der Waals surface area (Å²) in [6.07, 6.45) is 12.4. The van der Waals surface area contributed by atoms with Crippen LogP contribution in [0.15, 0.2) is 59.6 Å². The number of anilines is 1. The zero-order valence-electron chi connectivity index (χ0n) is 24.1. The van der Waals surface area contributed by atoms with Gasteiger partial charge in [0.15, 0.2) is 11.7 Å². The van der Waals surface area contributed by atoms with Crippen LogP contribution in [0.2, 0.25) is 0 Å². The molecular weight excluding hydrogens is 516 g/mol. The molecule has 2 unspecified atom stereocenters. The summed E-state index contributed by atoms with van der Waals surface area (Å²) in [6.45, 7) is -0.456. The molecule has 218 valence electrons. The summed E-state index contributed by atoms with van der Waals surface area (Å²) in [5.41, 5.74) is 2.61. The molecule has 1 saturated carbocycles. The van der Waals surface area contributed by atoms with Crippen LogP contribution < -0.4 is 9.80 Å². The van der Waals surface area contributed by atoms with Gasteiger partial charge in [0.2, 0.25) is 5.84 Å². The molecule has 8 heteroatoms. The molecule has 1 amide bonds. The number of nitrogens with zero attached hydrogens (tertiary/aromatic N) is 3. The Morgan fingerprint density at radius 1 is 1.00 bits per heavy atom. The number of ether oxygens (including phenoxy) is 1. The molecule has 3 heterocycles. The van der Waals surface area contributed by atoms with E-state index in [9.17, 15) is 14.7 Å². The lowest BCUT2D eigenvalue weighted by Crippen LogP contribution is -2.67. The number of nitrogens with one attached hydrogen (secondary N) is 1. The van der Waals surface area contributed by atoms with E-state index in [0.29, 0.717) is 18.1 Å². The van der Waals surface area contributed by atoms with Crippen molar-refractivity contribution in [1.29, 1.82) is 0 Å². The molecule has 2 saturated heterocycles. The van der Waals surface area contributed by atoms with E-state index in [2.05, 4.69) is 15.2 Å². The number of aliphatic imine (C=N–C) groups is 1. The zero-order valence-corrected chi connectivity index (χ0v) is 24.1. The highest BCUT2D eigenvalue weighted by molar-refractivity contribution is 6.47. The van der Waals surface area contributed by atoms with Crippen molar-refractivity contribution >= 4 is 29.1 Å². The Morgan fingerprint density at radius 2 is 1.71 bits per heavy atom. The van der Waals surface area contributed by atoms with Crippen LogP contribution in [-0.2, 0) is 20.9 Å². The third-order valence-corrected chi connectivity index (χ3v) is 9.95. The summed E-state index contributed by atoms with van der Waals surface area (Å²) in [6, 6.07) is 17.7. The van der Waals surface area contributed by atoms with Crippen LogP contribution in [0.1, 0.15) is 69.8 Å². The Labute approximate surface area is 243 Å². The largest absolute Gasteiger partial charge is 0.459 e. The predicted octanol–water partition coefficient (Wildman–Crippen LogP) is 4.80. The monoisotopic (exact) mass is 559 g/mol. The number of carbonyl (C=O) groups is 2. The first-order valence-electron chi connectivity index (χ1n) is 15.4. The van der Waals surface area contributed by atoms with Crippen molar-refractivity contribution in [3.05, 3.63) is 60.2 Å². The number of rotatable bonds is 7. The number of aliphatic hydroxyl groups is 1. The molecule has 2 aromatic rings. The first-order valence-corrected chi connectivity index (χ1v) is 15.4. The highest BCUT2D eigenvalue weighted by Crippen LogP contribution is 2.49. The minimum atomic E-state index is -1.18. The van der Waals surface area contributed by atoms with Gasteiger partial charge in [-0.2, -0.15) is 0 Å². The third kappa shape index (κ3) is 5.33. The maximum atomic E-state index is 14.4. The van der Waals surface area contributed by atoms with Crippen LogP contribution in [-0.4, -0.2) is 71.6 Å². The van der Waals surface area contributed by atoms with Gasteiger partial charge in [-0.15, -0.1) is 0 Å². The fraction of sp³-hybridized carbons (Fsp3) is 0.545. The van der Waals surface area contributed by atoms with Crippen molar-refractivity contribution in [2.24, 2.45) is 4.99 Å². The normalized spacial score (nSPS) is 30.3. The van der Waals surface area contributed by atoms with E-state index >= 15 is 0 Å². The standard InChI is InChI=1S/C33H43N4O4/c1-37(30-20-25-18-19-28(30)36(25)24-14-8-3-2-4-9-15-24)29-17-11-10-16-26(29)34-31(32(37)39)35-27(21-38)33(40)41-22-23-12-6-5-7-13-23/h5-7,10-13,16-17,24-25,27-28,30,38H,2-4,8-9,14-15,18-22H2,1H3,(H,34,35)/q+1/t25-,27+,28?,30+,37?/m0/s1. The van der Waals surface area contributed by atoms with E-state index in [1.54, 1.807) is 0 Å². The number of para-hydroxylation sites is 2. The number of esters is 1. The predicted molar refractivity (Wildman–Crippen MR) is 160 cm³/mol. The number of hydrogen-bond donors (Lipinski definition) is 2. The minimum Gasteiger partial charge on any atom is -0.459 e. The van der Waals surface area contributed by atoms with Gasteiger partial charge < -0.3 is 15.2 Å². The quantitative estimate of drug-likeness (QED) is 0.374. The smallest absolute Gasteiger partial charge is 0.386 e. The van der Waals surface area contributed by atoms with Gasteiger partial charge >= 0.3 is 11.9 Å². The molecule has 0 aromatic heterocycles. The number of quaternary nitrogens is 1. The SMILES string of the molecule is C[N+]1([C@@H]2C[C@@H]3CCC2N3C2CCCCCCC2)C(=O)C(=N[C@H](CO)C(=O)OCc2ccccc2)Nc2ccccc21. The lowest BCUT2D eigenvalue weighted by atomic mass is 9.90. The second-order valence-corrected chi connectivity index (χ2v) is 12.3. The average molecular weight is 560 g/mol. The molecule has 4 aliphatic rings. The van der Waals surface area contributed by atoms with Gasteiger partial charge in [-0.3, -0.25) is 4.90 Å². The van der Waals surface area contributed by atoms with E-state index in [0.717, 1.165) is 29.8 Å². The van der Waals surface area contributed by atoms with Gasteiger partial charge in [0.05, 0.1) is 19.7 Å². The molecule has 6 rings (SSSR count). The summed E-state index contributed by atoms with van der Waals surface area (Å²) >= 11 is 0. The molecule has 3 aliphatic heterocycles. The van der Waals surface area contributed by atoms with Gasteiger partial charge in [-0.25, -0.2) is 19.1 Å². The Bertz CT molecular complexity index is 1280. The highest BCUT2D eigenvalue weighted by Gasteiger charge is 2.61. The van der Waals surface area contributed by atoms with Crippen LogP contribution in [0, 0.1) is 0 Å². The lowest BCUT2D eigenvalue weighted by molar-refractivity contribution is -0.147. The van der Waals surface area contributed by atoms with Gasteiger partial charge in [0, 0.05) is 24.6 Å². The molecule has 2 N–H and O–H groups in total. The number of aliphatic hydroxyl groups excluding tert-OH is 1. The molecule has 2 bridgehead atoms. The number of hydrogen-bond acceptors (Lipinski definition) is 6. The minimum absolute atomic E-state index is 0.0845. The lowest BCUT2D eigenvalue weighted by Gasteiger charge is -2.44. The van der Waals surface area contributed by atoms with Crippen molar-refractivity contribution in [2.75, 3.05) is 19.0 Å². The zero-order chi connectivity index (χ0) is 28.4. The second-order valence-electron chi connectivity index (χ2n) is 12.3. The summed E-state index contributed by atoms with van der Waals surface area (Å²) in [7, 11) is 2.03.